The van der Waals surface area contributed by atoms with Gasteiger partial charge in [-0.3, -0.25) is 0 Å². The molecule has 6 heteroatoms. The second-order valence-corrected chi connectivity index (χ2v) is 4.76. The van der Waals surface area contributed by atoms with Gasteiger partial charge < -0.3 is 10.7 Å². The predicted molar refractivity (Wildman–Crippen MR) is 70.1 cm³/mol. The van der Waals surface area contributed by atoms with Crippen molar-refractivity contribution in [3.05, 3.63) is 0 Å². The molecule has 1 fully saturated rings. The van der Waals surface area contributed by atoms with E-state index in [9.17, 15) is 0 Å². The second kappa shape index (κ2) is 9.39. The van der Waals surface area contributed by atoms with Crippen molar-refractivity contribution in [1.29, 1.82) is 0 Å². The molecule has 1 aliphatic rings. The zero-order chi connectivity index (χ0) is 9.52. The Morgan fingerprint density at radius 2 is 2.14 bits per heavy atom. The molecule has 0 aromatic rings. The first kappa shape index (κ1) is 15.2. The van der Waals surface area contributed by atoms with Crippen LogP contribution in [-0.2, 0) is 0 Å². The van der Waals surface area contributed by atoms with Gasteiger partial charge in [0.15, 0.2) is 0 Å². The van der Waals surface area contributed by atoms with Gasteiger partial charge in [-0.25, -0.2) is 5.01 Å². The third-order valence-corrected chi connectivity index (χ3v) is 3.21. The van der Waals surface area contributed by atoms with E-state index < -0.39 is 0 Å². The molecule has 1 rings (SSSR count). The normalized spacial score (nSPS) is 17.2. The van der Waals surface area contributed by atoms with Crippen molar-refractivity contribution >= 4 is 57.9 Å². The van der Waals surface area contributed by atoms with Gasteiger partial charge in [0.1, 0.15) is 4.32 Å². The topological polar surface area (TPSA) is 27.3 Å². The maximum absolute atomic E-state index is 5.19. The van der Waals surface area contributed by atoms with Crippen LogP contribution in [0, 0.1) is 0 Å². The Morgan fingerprint density at radius 1 is 1.50 bits per heavy atom. The van der Waals surface area contributed by atoms with Crippen molar-refractivity contribution in [2.75, 3.05) is 31.9 Å². The van der Waals surface area contributed by atoms with E-state index in [2.05, 4.69) is 22.7 Å². The average Bonchev–Trinajstić information content (AvgIpc) is 2.16. The molecular weight excluding hydrogens is 225 g/mol. The molecule has 14 heavy (non-hydrogen) atoms. The van der Waals surface area contributed by atoms with E-state index in [4.69, 9.17) is 12.2 Å². The molecule has 0 radical (unpaired) electrons. The van der Waals surface area contributed by atoms with E-state index in [1.165, 1.54) is 6.42 Å². The van der Waals surface area contributed by atoms with Crippen molar-refractivity contribution in [1.82, 2.24) is 15.8 Å². The summed E-state index contributed by atoms with van der Waals surface area (Å²) < 4.78 is 0.906. The molecule has 1 saturated heterocycles. The second-order valence-electron chi connectivity index (χ2n) is 2.98. The molecule has 0 atom stereocenters. The molecule has 0 amide bonds. The monoisotopic (exact) mass is 243 g/mol. The standard InChI is InChI=1S/C8H17N3S2.Na.H/c1-2-7-13-8(12)10-11-5-3-9-4-6-11;;/h9H,2-7H2,1H3,(H,10,12);;. The third kappa shape index (κ3) is 6.61. The van der Waals surface area contributed by atoms with Crippen LogP contribution in [0.2, 0.25) is 0 Å². The van der Waals surface area contributed by atoms with Crippen molar-refractivity contribution in [2.45, 2.75) is 13.3 Å². The Bertz CT molecular complexity index is 163. The van der Waals surface area contributed by atoms with Gasteiger partial charge in [-0.15, -0.1) is 0 Å². The number of hydrogen-bond donors (Lipinski definition) is 2. The molecule has 0 aromatic heterocycles. The van der Waals surface area contributed by atoms with E-state index >= 15 is 0 Å². The molecular formula is C8H18N3NaS2. The van der Waals surface area contributed by atoms with E-state index in [0.717, 1.165) is 36.3 Å². The summed E-state index contributed by atoms with van der Waals surface area (Å²) in [4.78, 5) is 0. The van der Waals surface area contributed by atoms with E-state index in [1.54, 1.807) is 11.8 Å². The Hall–Kier alpha value is 1.16. The van der Waals surface area contributed by atoms with Crippen LogP contribution < -0.4 is 10.7 Å². The summed E-state index contributed by atoms with van der Waals surface area (Å²) in [5.74, 6) is 1.11. The number of thioether (sulfide) groups is 1. The third-order valence-electron chi connectivity index (χ3n) is 1.80. The van der Waals surface area contributed by atoms with Gasteiger partial charge in [0.2, 0.25) is 0 Å². The van der Waals surface area contributed by atoms with Crippen molar-refractivity contribution in [3.8, 4) is 0 Å². The molecule has 3 nitrogen and oxygen atoms in total. The first-order valence-electron chi connectivity index (χ1n) is 4.72. The molecule has 0 bridgehead atoms. The zero-order valence-corrected chi connectivity index (χ0v) is 9.64. The van der Waals surface area contributed by atoms with Crippen molar-refractivity contribution in [3.63, 3.8) is 0 Å². The zero-order valence-electron chi connectivity index (χ0n) is 8.01. The predicted octanol–water partition coefficient (Wildman–Crippen LogP) is 0.176. The molecule has 0 unspecified atom stereocenters. The minimum atomic E-state index is 0. The molecule has 0 saturated carbocycles. The Kier molecular flexibility index (Phi) is 10.2. The summed E-state index contributed by atoms with van der Waals surface area (Å²) in [6.45, 7) is 6.34. The van der Waals surface area contributed by atoms with E-state index in [1.807, 2.05) is 0 Å². The molecule has 1 heterocycles. The summed E-state index contributed by atoms with van der Waals surface area (Å²) in [5.41, 5.74) is 3.24. The molecule has 1 aliphatic heterocycles. The Labute approximate surface area is 118 Å². The van der Waals surface area contributed by atoms with Crippen LogP contribution >= 0.6 is 24.0 Å². The summed E-state index contributed by atoms with van der Waals surface area (Å²) in [7, 11) is 0. The number of rotatable bonds is 3. The number of piperazine rings is 1. The quantitative estimate of drug-likeness (QED) is 0.545. The fourth-order valence-electron chi connectivity index (χ4n) is 1.13. The fraction of sp³-hybridized carbons (Fsp3) is 0.875. The molecule has 0 aliphatic carbocycles. The summed E-state index contributed by atoms with van der Waals surface area (Å²) in [5, 5.41) is 5.48. The van der Waals surface area contributed by atoms with Crippen molar-refractivity contribution in [2.24, 2.45) is 0 Å². The number of hydrogen-bond acceptors (Lipinski definition) is 4. The van der Waals surface area contributed by atoms with Gasteiger partial charge in [0.05, 0.1) is 0 Å². The van der Waals surface area contributed by atoms with E-state index in [0.29, 0.717) is 0 Å². The number of nitrogens with one attached hydrogen (secondary N) is 2. The number of nitrogens with zero attached hydrogens (tertiary/aromatic N) is 1. The molecule has 0 spiro atoms. The summed E-state index contributed by atoms with van der Waals surface area (Å²) >= 11 is 6.92. The van der Waals surface area contributed by atoms with Gasteiger partial charge in [-0.05, 0) is 6.42 Å². The maximum atomic E-state index is 5.19. The van der Waals surface area contributed by atoms with Gasteiger partial charge >= 0.3 is 29.6 Å². The van der Waals surface area contributed by atoms with Crippen LogP contribution in [-0.4, -0.2) is 70.8 Å². The van der Waals surface area contributed by atoms with Crippen LogP contribution in [0.25, 0.3) is 0 Å². The van der Waals surface area contributed by atoms with Gasteiger partial charge in [-0.1, -0.05) is 30.9 Å². The van der Waals surface area contributed by atoms with Gasteiger partial charge in [0, 0.05) is 31.9 Å². The van der Waals surface area contributed by atoms with E-state index in [-0.39, 0.29) is 29.6 Å². The molecule has 2 N–H and O–H groups in total. The number of hydrazine groups is 1. The summed E-state index contributed by atoms with van der Waals surface area (Å²) in [6.07, 6.45) is 1.17. The SMILES string of the molecule is CCCSC(=S)NN1CCNCC1.[NaH]. The van der Waals surface area contributed by atoms with Crippen LogP contribution in [0.5, 0.6) is 0 Å². The van der Waals surface area contributed by atoms with Crippen LogP contribution in [0.3, 0.4) is 0 Å². The fourth-order valence-corrected chi connectivity index (χ4v) is 2.10. The van der Waals surface area contributed by atoms with Crippen molar-refractivity contribution < 1.29 is 0 Å². The van der Waals surface area contributed by atoms with Gasteiger partial charge in [-0.2, -0.15) is 0 Å². The van der Waals surface area contributed by atoms with Gasteiger partial charge in [0.25, 0.3) is 0 Å². The Balaban J connectivity index is 0.00000169. The Morgan fingerprint density at radius 3 is 2.71 bits per heavy atom. The average molecular weight is 243 g/mol. The number of thiocarbonyl (C=S) groups is 1. The summed E-state index contributed by atoms with van der Waals surface area (Å²) in [6, 6.07) is 0. The minimum absolute atomic E-state index is 0. The first-order chi connectivity index (χ1) is 6.33. The molecule has 78 valence electrons. The van der Waals surface area contributed by atoms with Crippen LogP contribution in [0.1, 0.15) is 13.3 Å². The molecule has 0 aromatic carbocycles. The van der Waals surface area contributed by atoms with Crippen LogP contribution in [0.15, 0.2) is 0 Å². The van der Waals surface area contributed by atoms with Crippen LogP contribution in [0.4, 0.5) is 0 Å². The first-order valence-corrected chi connectivity index (χ1v) is 6.11.